The minimum absolute atomic E-state index is 0.484. The lowest BCUT2D eigenvalue weighted by Crippen LogP contribution is -2.42. The van der Waals surface area contributed by atoms with Gasteiger partial charge < -0.3 is 9.67 Å². The third kappa shape index (κ3) is 2.37. The molecule has 0 unspecified atom stereocenters. The summed E-state index contributed by atoms with van der Waals surface area (Å²) in [7, 11) is 0. The van der Waals surface area contributed by atoms with E-state index in [1.54, 1.807) is 6.33 Å². The molecule has 3 rings (SSSR count). The number of hydrogen-bond donors (Lipinski definition) is 2. The van der Waals surface area contributed by atoms with E-state index in [4.69, 9.17) is 5.11 Å². The Hall–Kier alpha value is -2.14. The molecule has 1 aromatic heterocycles. The van der Waals surface area contributed by atoms with Crippen molar-refractivity contribution < 1.29 is 9.90 Å². The van der Waals surface area contributed by atoms with Gasteiger partial charge in [0.05, 0.1) is 12.0 Å². The van der Waals surface area contributed by atoms with Crippen LogP contribution in [-0.2, 0) is 24.3 Å². The molecule has 2 heterocycles. The number of benzene rings is 1. The number of nitrogens with zero attached hydrogens (tertiary/aromatic N) is 2. The van der Waals surface area contributed by atoms with E-state index in [1.807, 2.05) is 22.8 Å². The zero-order chi connectivity index (χ0) is 13.2. The van der Waals surface area contributed by atoms with Crippen molar-refractivity contribution in [3.63, 3.8) is 0 Å². The van der Waals surface area contributed by atoms with Crippen LogP contribution < -0.4 is 5.32 Å². The SMILES string of the molecule is O=C(O)[C@H]1Cc2c(ncn2Cc2ccccc2)CN1. The predicted octanol–water partition coefficient (Wildman–Crippen LogP) is 1.03. The van der Waals surface area contributed by atoms with E-state index in [2.05, 4.69) is 22.4 Å². The lowest BCUT2D eigenvalue weighted by molar-refractivity contribution is -0.139. The Balaban J connectivity index is 1.85. The highest BCUT2D eigenvalue weighted by atomic mass is 16.4. The zero-order valence-corrected chi connectivity index (χ0v) is 10.4. The lowest BCUT2D eigenvalue weighted by Gasteiger charge is -2.21. The summed E-state index contributed by atoms with van der Waals surface area (Å²) >= 11 is 0. The molecule has 98 valence electrons. The summed E-state index contributed by atoms with van der Waals surface area (Å²) in [5.74, 6) is -0.807. The van der Waals surface area contributed by atoms with Crippen molar-refractivity contribution in [2.24, 2.45) is 0 Å². The van der Waals surface area contributed by atoms with Crippen molar-refractivity contribution in [1.82, 2.24) is 14.9 Å². The molecule has 0 bridgehead atoms. The highest BCUT2D eigenvalue weighted by Crippen LogP contribution is 2.17. The number of aromatic nitrogens is 2. The Bertz CT molecular complexity index is 592. The molecular weight excluding hydrogens is 242 g/mol. The minimum Gasteiger partial charge on any atom is -0.480 e. The third-order valence-corrected chi connectivity index (χ3v) is 3.44. The van der Waals surface area contributed by atoms with E-state index >= 15 is 0 Å². The van der Waals surface area contributed by atoms with Crippen LogP contribution in [-0.4, -0.2) is 26.7 Å². The van der Waals surface area contributed by atoms with Crippen molar-refractivity contribution in [3.8, 4) is 0 Å². The van der Waals surface area contributed by atoms with Crippen LogP contribution in [0.4, 0.5) is 0 Å². The van der Waals surface area contributed by atoms with Gasteiger partial charge in [0.2, 0.25) is 0 Å². The molecule has 0 radical (unpaired) electrons. The zero-order valence-electron chi connectivity index (χ0n) is 10.4. The molecule has 5 heteroatoms. The summed E-state index contributed by atoms with van der Waals surface area (Å²) < 4.78 is 2.04. The third-order valence-electron chi connectivity index (χ3n) is 3.44. The van der Waals surface area contributed by atoms with Crippen LogP contribution in [0.1, 0.15) is 17.0 Å². The van der Waals surface area contributed by atoms with Gasteiger partial charge in [-0.2, -0.15) is 0 Å². The largest absolute Gasteiger partial charge is 0.480 e. The van der Waals surface area contributed by atoms with Gasteiger partial charge in [0.25, 0.3) is 0 Å². The molecule has 0 fully saturated rings. The van der Waals surface area contributed by atoms with Crippen molar-refractivity contribution in [1.29, 1.82) is 0 Å². The van der Waals surface area contributed by atoms with Crippen LogP contribution in [0.2, 0.25) is 0 Å². The van der Waals surface area contributed by atoms with E-state index in [1.165, 1.54) is 5.56 Å². The summed E-state index contributed by atoms with van der Waals surface area (Å²) in [5.41, 5.74) is 3.16. The normalized spacial score (nSPS) is 18.0. The molecule has 1 aromatic carbocycles. The van der Waals surface area contributed by atoms with Gasteiger partial charge in [-0.1, -0.05) is 30.3 Å². The van der Waals surface area contributed by atoms with Crippen LogP contribution in [0, 0.1) is 0 Å². The molecule has 19 heavy (non-hydrogen) atoms. The number of fused-ring (bicyclic) bond motifs is 1. The van der Waals surface area contributed by atoms with Gasteiger partial charge in [-0.15, -0.1) is 0 Å². The maximum absolute atomic E-state index is 11.1. The van der Waals surface area contributed by atoms with Gasteiger partial charge in [0, 0.05) is 25.2 Å². The van der Waals surface area contributed by atoms with Crippen LogP contribution >= 0.6 is 0 Å². The summed E-state index contributed by atoms with van der Waals surface area (Å²) in [6, 6.07) is 9.58. The molecule has 1 aliphatic heterocycles. The molecule has 0 amide bonds. The summed E-state index contributed by atoms with van der Waals surface area (Å²) in [5, 5.41) is 12.1. The van der Waals surface area contributed by atoms with Gasteiger partial charge in [0.15, 0.2) is 0 Å². The molecule has 1 atom stereocenters. The second-order valence-corrected chi connectivity index (χ2v) is 4.73. The van der Waals surface area contributed by atoms with Crippen molar-refractivity contribution in [2.45, 2.75) is 25.6 Å². The van der Waals surface area contributed by atoms with E-state index < -0.39 is 12.0 Å². The van der Waals surface area contributed by atoms with Gasteiger partial charge >= 0.3 is 5.97 Å². The van der Waals surface area contributed by atoms with Crippen LogP contribution in [0.15, 0.2) is 36.7 Å². The Labute approximate surface area is 110 Å². The van der Waals surface area contributed by atoms with Crippen LogP contribution in [0.25, 0.3) is 0 Å². The maximum Gasteiger partial charge on any atom is 0.321 e. The Morgan fingerprint density at radius 3 is 2.95 bits per heavy atom. The topological polar surface area (TPSA) is 67.1 Å². The van der Waals surface area contributed by atoms with Crippen LogP contribution in [0.5, 0.6) is 0 Å². The number of carboxylic acid groups (broad SMARTS) is 1. The fraction of sp³-hybridized carbons (Fsp3) is 0.286. The quantitative estimate of drug-likeness (QED) is 0.862. The van der Waals surface area contributed by atoms with Gasteiger partial charge in [-0.05, 0) is 5.56 Å². The molecule has 1 aliphatic rings. The number of hydrogen-bond acceptors (Lipinski definition) is 3. The molecular formula is C14H15N3O2. The fourth-order valence-corrected chi connectivity index (χ4v) is 2.41. The number of rotatable bonds is 3. The average molecular weight is 257 g/mol. The highest BCUT2D eigenvalue weighted by Gasteiger charge is 2.26. The van der Waals surface area contributed by atoms with E-state index in [9.17, 15) is 4.79 Å². The molecule has 5 nitrogen and oxygen atoms in total. The number of aliphatic carboxylic acids is 1. The molecule has 0 aliphatic carbocycles. The first-order valence-electron chi connectivity index (χ1n) is 6.27. The van der Waals surface area contributed by atoms with Crippen LogP contribution in [0.3, 0.4) is 0 Å². The molecule has 0 saturated carbocycles. The second kappa shape index (κ2) is 4.85. The van der Waals surface area contributed by atoms with E-state index in [-0.39, 0.29) is 0 Å². The Kier molecular flexibility index (Phi) is 3.05. The lowest BCUT2D eigenvalue weighted by atomic mass is 10.1. The van der Waals surface area contributed by atoms with Gasteiger partial charge in [-0.3, -0.25) is 10.1 Å². The monoisotopic (exact) mass is 257 g/mol. The fourth-order valence-electron chi connectivity index (χ4n) is 2.41. The molecule has 2 N–H and O–H groups in total. The first kappa shape index (κ1) is 11.9. The summed E-state index contributed by atoms with van der Waals surface area (Å²) in [4.78, 5) is 15.4. The summed E-state index contributed by atoms with van der Waals surface area (Å²) in [6.07, 6.45) is 2.28. The highest BCUT2D eigenvalue weighted by molar-refractivity contribution is 5.74. The van der Waals surface area contributed by atoms with E-state index in [0.717, 1.165) is 17.9 Å². The molecule has 0 spiro atoms. The van der Waals surface area contributed by atoms with Crippen molar-refractivity contribution in [3.05, 3.63) is 53.6 Å². The minimum atomic E-state index is -0.807. The number of imidazole rings is 1. The van der Waals surface area contributed by atoms with Crippen molar-refractivity contribution >= 4 is 5.97 Å². The first-order chi connectivity index (χ1) is 9.24. The first-order valence-corrected chi connectivity index (χ1v) is 6.27. The van der Waals surface area contributed by atoms with Gasteiger partial charge in [-0.25, -0.2) is 4.98 Å². The number of carboxylic acids is 1. The molecule has 2 aromatic rings. The number of carbonyl (C=O) groups is 1. The average Bonchev–Trinajstić information content (AvgIpc) is 2.82. The number of nitrogens with one attached hydrogen (secondary N) is 1. The standard InChI is InChI=1S/C14H15N3O2/c18-14(19)11-6-13-12(7-15-11)16-9-17(13)8-10-4-2-1-3-5-10/h1-5,9,11,15H,6-8H2,(H,18,19)/t11-/m1/s1. The Morgan fingerprint density at radius 1 is 1.42 bits per heavy atom. The summed E-state index contributed by atoms with van der Waals surface area (Å²) in [6.45, 7) is 1.25. The van der Waals surface area contributed by atoms with E-state index in [0.29, 0.717) is 13.0 Å². The smallest absolute Gasteiger partial charge is 0.321 e. The molecule has 0 saturated heterocycles. The maximum atomic E-state index is 11.1. The Morgan fingerprint density at radius 2 is 2.21 bits per heavy atom. The predicted molar refractivity (Wildman–Crippen MR) is 69.7 cm³/mol. The van der Waals surface area contributed by atoms with Gasteiger partial charge in [0.1, 0.15) is 6.04 Å². The van der Waals surface area contributed by atoms with Crippen molar-refractivity contribution in [2.75, 3.05) is 0 Å². The second-order valence-electron chi connectivity index (χ2n) is 4.73.